The Morgan fingerprint density at radius 2 is 2.14 bits per heavy atom. The van der Waals surface area contributed by atoms with Crippen molar-refractivity contribution in [2.45, 2.75) is 63.9 Å². The van der Waals surface area contributed by atoms with Crippen molar-refractivity contribution in [3.8, 4) is 5.75 Å². The third-order valence-electron chi connectivity index (χ3n) is 5.50. The lowest BCUT2D eigenvalue weighted by Gasteiger charge is -2.28. The number of aromatic nitrogens is 3. The van der Waals surface area contributed by atoms with E-state index in [1.54, 1.807) is 14.2 Å². The first kappa shape index (κ1) is 19.7. The molecular formula is C21H30N6O2. The molecule has 1 aliphatic carbocycles. The molecule has 1 aromatic carbocycles. The number of fused-ring (bicyclic) bond motifs is 1. The highest BCUT2D eigenvalue weighted by Crippen LogP contribution is 2.27. The molecule has 1 atom stereocenters. The van der Waals surface area contributed by atoms with Crippen LogP contribution in [0, 0.1) is 0 Å². The first-order valence-electron chi connectivity index (χ1n) is 10.4. The maximum Gasteiger partial charge on any atom is 0.191 e. The zero-order valence-electron chi connectivity index (χ0n) is 17.2. The molecule has 0 bridgehead atoms. The van der Waals surface area contributed by atoms with Gasteiger partial charge in [-0.2, -0.15) is 5.10 Å². The van der Waals surface area contributed by atoms with Crippen LogP contribution in [0.4, 0.5) is 0 Å². The normalized spacial score (nSPS) is 19.4. The second kappa shape index (κ2) is 9.26. The highest BCUT2D eigenvalue weighted by atomic mass is 16.5. The minimum atomic E-state index is 0.257. The predicted octanol–water partition coefficient (Wildman–Crippen LogP) is 2.04. The summed E-state index contributed by atoms with van der Waals surface area (Å²) in [5.74, 6) is 3.53. The number of para-hydroxylation sites is 1. The predicted molar refractivity (Wildman–Crippen MR) is 111 cm³/mol. The summed E-state index contributed by atoms with van der Waals surface area (Å²) in [6.07, 6.45) is 5.84. The largest absolute Gasteiger partial charge is 0.490 e. The summed E-state index contributed by atoms with van der Waals surface area (Å²) < 4.78 is 13.2. The fraction of sp³-hybridized carbons (Fsp3) is 0.571. The summed E-state index contributed by atoms with van der Waals surface area (Å²) in [5.41, 5.74) is 1.15. The Morgan fingerprint density at radius 3 is 2.90 bits per heavy atom. The maximum absolute atomic E-state index is 6.13. The molecule has 1 aliphatic heterocycles. The number of aryl methyl sites for hydroxylation is 1. The molecule has 8 heteroatoms. The Hall–Kier alpha value is -2.61. The molecule has 1 aromatic heterocycles. The van der Waals surface area contributed by atoms with Gasteiger partial charge >= 0.3 is 0 Å². The number of hydrogen-bond acceptors (Lipinski definition) is 5. The van der Waals surface area contributed by atoms with Gasteiger partial charge in [-0.15, -0.1) is 0 Å². The van der Waals surface area contributed by atoms with Gasteiger partial charge in [-0.05, 0) is 31.7 Å². The van der Waals surface area contributed by atoms with E-state index in [-0.39, 0.29) is 6.04 Å². The zero-order chi connectivity index (χ0) is 20.1. The molecule has 8 nitrogen and oxygen atoms in total. The van der Waals surface area contributed by atoms with Crippen LogP contribution < -0.4 is 15.4 Å². The Labute approximate surface area is 171 Å². The second-order valence-electron chi connectivity index (χ2n) is 7.64. The van der Waals surface area contributed by atoms with Gasteiger partial charge in [0.2, 0.25) is 0 Å². The third-order valence-corrected chi connectivity index (χ3v) is 5.50. The number of aliphatic imine (C=N–C) groups is 1. The lowest BCUT2D eigenvalue weighted by Crippen LogP contribution is -2.46. The van der Waals surface area contributed by atoms with Crippen molar-refractivity contribution in [2.24, 2.45) is 4.99 Å². The van der Waals surface area contributed by atoms with Crippen molar-refractivity contribution in [2.75, 3.05) is 14.2 Å². The molecule has 1 saturated carbocycles. The standard InChI is InChI=1S/C21H30N6O2/c1-22-21(23-12-15-6-3-4-9-18(15)29-17-7-5-8-17)24-16-10-11-20-25-19(14-28-2)26-27(20)13-16/h3-4,6,9,16-17H,5,7-8,10-14H2,1-2H3,(H2,22,23,24). The average Bonchev–Trinajstić information content (AvgIpc) is 3.10. The summed E-state index contributed by atoms with van der Waals surface area (Å²) in [6, 6.07) is 8.49. The van der Waals surface area contributed by atoms with Crippen molar-refractivity contribution in [3.63, 3.8) is 0 Å². The van der Waals surface area contributed by atoms with Crippen LogP contribution in [0.3, 0.4) is 0 Å². The fourth-order valence-corrected chi connectivity index (χ4v) is 3.67. The number of benzene rings is 1. The van der Waals surface area contributed by atoms with Crippen molar-refractivity contribution in [1.82, 2.24) is 25.4 Å². The minimum absolute atomic E-state index is 0.257. The van der Waals surface area contributed by atoms with E-state index in [2.05, 4.69) is 37.8 Å². The van der Waals surface area contributed by atoms with Gasteiger partial charge in [0.05, 0.1) is 12.6 Å². The van der Waals surface area contributed by atoms with Crippen LogP contribution >= 0.6 is 0 Å². The lowest BCUT2D eigenvalue weighted by atomic mass is 9.96. The Kier molecular flexibility index (Phi) is 6.29. The van der Waals surface area contributed by atoms with E-state index in [0.29, 0.717) is 19.3 Å². The smallest absolute Gasteiger partial charge is 0.191 e. The zero-order valence-corrected chi connectivity index (χ0v) is 17.2. The number of nitrogens with zero attached hydrogens (tertiary/aromatic N) is 4. The molecule has 4 rings (SSSR count). The first-order valence-corrected chi connectivity index (χ1v) is 10.4. The van der Waals surface area contributed by atoms with Crippen LogP contribution in [-0.2, 0) is 30.9 Å². The van der Waals surface area contributed by atoms with Crippen molar-refractivity contribution < 1.29 is 9.47 Å². The molecule has 1 fully saturated rings. The molecule has 2 heterocycles. The highest BCUT2D eigenvalue weighted by Gasteiger charge is 2.23. The number of rotatable bonds is 7. The number of hydrogen-bond donors (Lipinski definition) is 2. The van der Waals surface area contributed by atoms with Crippen molar-refractivity contribution in [1.29, 1.82) is 0 Å². The number of nitrogens with one attached hydrogen (secondary N) is 2. The van der Waals surface area contributed by atoms with Gasteiger partial charge in [0.15, 0.2) is 11.8 Å². The minimum Gasteiger partial charge on any atom is -0.490 e. The van der Waals surface area contributed by atoms with E-state index in [0.717, 1.165) is 61.1 Å². The van der Waals surface area contributed by atoms with Gasteiger partial charge in [0.25, 0.3) is 0 Å². The first-order chi connectivity index (χ1) is 14.2. The Balaban J connectivity index is 1.32. The molecule has 0 amide bonds. The van der Waals surface area contributed by atoms with Gasteiger partial charge < -0.3 is 20.1 Å². The highest BCUT2D eigenvalue weighted by molar-refractivity contribution is 5.80. The van der Waals surface area contributed by atoms with Crippen LogP contribution in [0.1, 0.15) is 42.9 Å². The van der Waals surface area contributed by atoms with Crippen LogP contribution in [0.5, 0.6) is 5.75 Å². The average molecular weight is 399 g/mol. The SMILES string of the molecule is CN=C(NCc1ccccc1OC1CCC1)NC1CCc2nc(COC)nn2C1. The van der Waals surface area contributed by atoms with E-state index in [1.165, 1.54) is 6.42 Å². The molecule has 2 aromatic rings. The van der Waals surface area contributed by atoms with E-state index in [1.807, 2.05) is 16.8 Å². The summed E-state index contributed by atoms with van der Waals surface area (Å²) in [6.45, 7) is 1.89. The monoisotopic (exact) mass is 398 g/mol. The van der Waals surface area contributed by atoms with E-state index in [9.17, 15) is 0 Å². The summed E-state index contributed by atoms with van der Waals surface area (Å²) in [7, 11) is 3.46. The van der Waals surface area contributed by atoms with E-state index >= 15 is 0 Å². The molecule has 156 valence electrons. The van der Waals surface area contributed by atoms with Gasteiger partial charge in [0.1, 0.15) is 18.2 Å². The summed E-state index contributed by atoms with van der Waals surface area (Å²) in [5, 5.41) is 11.5. The molecule has 2 N–H and O–H groups in total. The van der Waals surface area contributed by atoms with E-state index < -0.39 is 0 Å². The van der Waals surface area contributed by atoms with Crippen LogP contribution in [-0.4, -0.2) is 47.0 Å². The third kappa shape index (κ3) is 4.87. The van der Waals surface area contributed by atoms with Gasteiger partial charge in [-0.25, -0.2) is 9.67 Å². The molecular weight excluding hydrogens is 368 g/mol. The summed E-state index contributed by atoms with van der Waals surface area (Å²) >= 11 is 0. The maximum atomic E-state index is 6.13. The number of methoxy groups -OCH3 is 1. The van der Waals surface area contributed by atoms with E-state index in [4.69, 9.17) is 9.47 Å². The molecule has 2 aliphatic rings. The van der Waals surface area contributed by atoms with Crippen molar-refractivity contribution >= 4 is 5.96 Å². The van der Waals surface area contributed by atoms with Crippen LogP contribution in [0.2, 0.25) is 0 Å². The quantitative estimate of drug-likeness (QED) is 0.548. The Morgan fingerprint density at radius 1 is 1.28 bits per heavy atom. The van der Waals surface area contributed by atoms with Crippen LogP contribution in [0.15, 0.2) is 29.3 Å². The fourth-order valence-electron chi connectivity index (χ4n) is 3.67. The number of ether oxygens (including phenoxy) is 2. The molecule has 0 radical (unpaired) electrons. The molecule has 29 heavy (non-hydrogen) atoms. The number of guanidine groups is 1. The summed E-state index contributed by atoms with van der Waals surface area (Å²) in [4.78, 5) is 8.93. The molecule has 0 spiro atoms. The lowest BCUT2D eigenvalue weighted by molar-refractivity contribution is 0.119. The van der Waals surface area contributed by atoms with Gasteiger partial charge in [-0.1, -0.05) is 18.2 Å². The topological polar surface area (TPSA) is 85.6 Å². The second-order valence-corrected chi connectivity index (χ2v) is 7.64. The van der Waals surface area contributed by atoms with Crippen LogP contribution in [0.25, 0.3) is 0 Å². The molecule has 0 saturated heterocycles. The Bertz CT molecular complexity index is 845. The molecule has 1 unspecified atom stereocenters. The van der Waals surface area contributed by atoms with Gasteiger partial charge in [-0.3, -0.25) is 4.99 Å². The van der Waals surface area contributed by atoms with Gasteiger partial charge in [0, 0.05) is 38.7 Å². The van der Waals surface area contributed by atoms with Crippen molar-refractivity contribution in [3.05, 3.63) is 41.5 Å².